The van der Waals surface area contributed by atoms with E-state index in [0.717, 1.165) is 17.9 Å². The Kier molecular flexibility index (Phi) is 3.48. The van der Waals surface area contributed by atoms with Crippen LogP contribution in [0.4, 0.5) is 0 Å². The first-order chi connectivity index (χ1) is 6.75. The highest BCUT2D eigenvalue weighted by Gasteiger charge is 2.28. The third-order valence-electron chi connectivity index (χ3n) is 3.83. The van der Waals surface area contributed by atoms with Crippen molar-refractivity contribution in [3.63, 3.8) is 0 Å². The Morgan fingerprint density at radius 2 is 2.07 bits per heavy atom. The van der Waals surface area contributed by atoms with E-state index in [2.05, 4.69) is 25.2 Å². The summed E-state index contributed by atoms with van der Waals surface area (Å²) < 4.78 is 0. The fourth-order valence-electron chi connectivity index (χ4n) is 2.73. The van der Waals surface area contributed by atoms with Gasteiger partial charge in [-0.15, -0.1) is 0 Å². The van der Waals surface area contributed by atoms with Gasteiger partial charge < -0.3 is 4.90 Å². The molecule has 2 fully saturated rings. The van der Waals surface area contributed by atoms with E-state index in [0.29, 0.717) is 0 Å². The molecular weight excluding hydrogens is 170 g/mol. The first-order valence-corrected chi connectivity index (χ1v) is 6.33. The van der Waals surface area contributed by atoms with Crippen LogP contribution in [0.2, 0.25) is 0 Å². The van der Waals surface area contributed by atoms with Crippen LogP contribution < -0.4 is 0 Å². The molecule has 2 rings (SSSR count). The number of likely N-dealkylation sites (tertiary alicyclic amines) is 1. The van der Waals surface area contributed by atoms with Gasteiger partial charge in [0, 0.05) is 12.6 Å². The van der Waals surface area contributed by atoms with Crippen molar-refractivity contribution in [2.24, 2.45) is 11.8 Å². The average molecular weight is 194 g/mol. The molecule has 0 aromatic rings. The molecule has 1 heteroatoms. The molecule has 0 amide bonds. The van der Waals surface area contributed by atoms with Crippen LogP contribution in [0.5, 0.6) is 0 Å². The smallest absolute Gasteiger partial charge is 0.00953 e. The van der Waals surface area contributed by atoms with E-state index >= 15 is 0 Å². The van der Waals surface area contributed by atoms with Crippen LogP contribution in [0.3, 0.4) is 0 Å². The summed E-state index contributed by atoms with van der Waals surface area (Å²) in [5.41, 5.74) is 0. The lowest BCUT2D eigenvalue weighted by Crippen LogP contribution is -2.45. The fraction of sp³-hybridized carbons (Fsp3) is 0.923. The molecule has 1 nitrogen and oxygen atoms in total. The summed E-state index contributed by atoms with van der Waals surface area (Å²) in [5, 5.41) is 0. The molecule has 1 heterocycles. The fourth-order valence-corrected chi connectivity index (χ4v) is 2.73. The Labute approximate surface area is 88.9 Å². The van der Waals surface area contributed by atoms with Gasteiger partial charge in [-0.1, -0.05) is 20.3 Å². The zero-order valence-corrected chi connectivity index (χ0v) is 9.71. The van der Waals surface area contributed by atoms with Gasteiger partial charge in [0.05, 0.1) is 0 Å². The van der Waals surface area contributed by atoms with Crippen LogP contribution in [0.25, 0.3) is 0 Å². The van der Waals surface area contributed by atoms with Crippen LogP contribution >= 0.6 is 0 Å². The highest BCUT2D eigenvalue weighted by atomic mass is 15.2. The molecule has 1 atom stereocenters. The first kappa shape index (κ1) is 10.5. The number of hydrogen-bond donors (Lipinski definition) is 0. The van der Waals surface area contributed by atoms with E-state index in [-0.39, 0.29) is 0 Å². The minimum atomic E-state index is 0.867. The van der Waals surface area contributed by atoms with Crippen molar-refractivity contribution >= 4 is 0 Å². The van der Waals surface area contributed by atoms with Crippen molar-refractivity contribution < 1.29 is 0 Å². The van der Waals surface area contributed by atoms with Gasteiger partial charge >= 0.3 is 0 Å². The predicted molar refractivity (Wildman–Crippen MR) is 61.1 cm³/mol. The Morgan fingerprint density at radius 3 is 2.50 bits per heavy atom. The van der Waals surface area contributed by atoms with E-state index in [4.69, 9.17) is 0 Å². The molecule has 0 aromatic carbocycles. The summed E-state index contributed by atoms with van der Waals surface area (Å²) in [7, 11) is 0. The summed E-state index contributed by atoms with van der Waals surface area (Å²) in [6.45, 7) is 7.30. The lowest BCUT2D eigenvalue weighted by molar-refractivity contribution is 0.105. The molecule has 81 valence electrons. The first-order valence-electron chi connectivity index (χ1n) is 6.33. The van der Waals surface area contributed by atoms with Gasteiger partial charge in [0.15, 0.2) is 0 Å². The number of hydrogen-bond acceptors (Lipinski definition) is 1. The summed E-state index contributed by atoms with van der Waals surface area (Å²) in [4.78, 5) is 2.69. The Balaban J connectivity index is 1.69. The SMILES string of the molecule is CC(C)CC1[CH]CN(C2CCC2)CC1. The second-order valence-electron chi connectivity index (χ2n) is 5.49. The van der Waals surface area contributed by atoms with Crippen LogP contribution in [0, 0.1) is 18.3 Å². The summed E-state index contributed by atoms with van der Waals surface area (Å²) in [6.07, 6.45) is 9.77. The lowest BCUT2D eigenvalue weighted by atomic mass is 9.85. The molecule has 1 saturated heterocycles. The van der Waals surface area contributed by atoms with Crippen LogP contribution in [-0.4, -0.2) is 24.0 Å². The molecule has 0 aromatic heterocycles. The molecule has 0 N–H and O–H groups in total. The Hall–Kier alpha value is -0.0400. The second kappa shape index (κ2) is 4.65. The standard InChI is InChI=1S/C13H24N/c1-11(2)10-12-6-8-14(9-7-12)13-4-3-5-13/h6,11-13H,3-5,7-10H2,1-2H3. The van der Waals surface area contributed by atoms with Gasteiger partial charge in [-0.25, -0.2) is 0 Å². The molecule has 1 unspecified atom stereocenters. The van der Waals surface area contributed by atoms with E-state index in [1.807, 2.05) is 0 Å². The molecule has 0 spiro atoms. The largest absolute Gasteiger partial charge is 0.300 e. The lowest BCUT2D eigenvalue weighted by Gasteiger charge is -2.42. The molecule has 1 aliphatic heterocycles. The topological polar surface area (TPSA) is 3.24 Å². The van der Waals surface area contributed by atoms with Crippen molar-refractivity contribution in [2.45, 2.75) is 52.0 Å². The average Bonchev–Trinajstić information content (AvgIpc) is 2.04. The van der Waals surface area contributed by atoms with Gasteiger partial charge in [0.2, 0.25) is 0 Å². The molecule has 1 aliphatic carbocycles. The van der Waals surface area contributed by atoms with E-state index in [1.165, 1.54) is 45.2 Å². The van der Waals surface area contributed by atoms with E-state index in [9.17, 15) is 0 Å². The number of nitrogens with zero attached hydrogens (tertiary/aromatic N) is 1. The zero-order valence-electron chi connectivity index (χ0n) is 9.71. The maximum absolute atomic E-state index is 2.69. The van der Waals surface area contributed by atoms with Gasteiger partial charge in [-0.05, 0) is 50.5 Å². The minimum absolute atomic E-state index is 0.867. The van der Waals surface area contributed by atoms with E-state index < -0.39 is 0 Å². The third-order valence-corrected chi connectivity index (χ3v) is 3.83. The summed E-state index contributed by atoms with van der Waals surface area (Å²) in [5.74, 6) is 1.78. The maximum atomic E-state index is 2.69. The number of rotatable bonds is 3. The van der Waals surface area contributed by atoms with Crippen molar-refractivity contribution in [2.75, 3.05) is 13.1 Å². The van der Waals surface area contributed by atoms with Gasteiger partial charge in [0.25, 0.3) is 0 Å². The number of piperidine rings is 1. The molecule has 1 saturated carbocycles. The highest BCUT2D eigenvalue weighted by molar-refractivity contribution is 4.91. The van der Waals surface area contributed by atoms with Crippen molar-refractivity contribution in [1.82, 2.24) is 4.90 Å². The van der Waals surface area contributed by atoms with Crippen LogP contribution in [0.1, 0.15) is 46.0 Å². The summed E-state index contributed by atoms with van der Waals surface area (Å²) in [6, 6.07) is 0.950. The highest BCUT2D eigenvalue weighted by Crippen LogP contribution is 2.30. The third kappa shape index (κ3) is 2.50. The Morgan fingerprint density at radius 1 is 1.29 bits per heavy atom. The maximum Gasteiger partial charge on any atom is 0.00953 e. The normalized spacial score (nSPS) is 26.8. The van der Waals surface area contributed by atoms with Crippen molar-refractivity contribution in [3.05, 3.63) is 6.42 Å². The molecule has 14 heavy (non-hydrogen) atoms. The zero-order chi connectivity index (χ0) is 9.97. The second-order valence-corrected chi connectivity index (χ2v) is 5.49. The molecule has 0 bridgehead atoms. The predicted octanol–water partition coefficient (Wildman–Crippen LogP) is 3.11. The Bertz CT molecular complexity index is 164. The van der Waals surface area contributed by atoms with Gasteiger partial charge in [0.1, 0.15) is 0 Å². The van der Waals surface area contributed by atoms with Crippen LogP contribution in [0.15, 0.2) is 0 Å². The van der Waals surface area contributed by atoms with E-state index in [1.54, 1.807) is 0 Å². The monoisotopic (exact) mass is 194 g/mol. The van der Waals surface area contributed by atoms with Crippen molar-refractivity contribution in [3.8, 4) is 0 Å². The van der Waals surface area contributed by atoms with Gasteiger partial charge in [-0.3, -0.25) is 0 Å². The molecule has 1 radical (unpaired) electrons. The molecular formula is C13H24N. The summed E-state index contributed by atoms with van der Waals surface area (Å²) >= 11 is 0. The van der Waals surface area contributed by atoms with Crippen molar-refractivity contribution in [1.29, 1.82) is 0 Å². The van der Waals surface area contributed by atoms with Crippen LogP contribution in [-0.2, 0) is 0 Å². The minimum Gasteiger partial charge on any atom is -0.300 e. The van der Waals surface area contributed by atoms with Gasteiger partial charge in [-0.2, -0.15) is 0 Å². The quantitative estimate of drug-likeness (QED) is 0.667. The molecule has 2 aliphatic rings.